The van der Waals surface area contributed by atoms with Gasteiger partial charge in [-0.25, -0.2) is 4.98 Å². The molecule has 0 aliphatic heterocycles. The first-order chi connectivity index (χ1) is 8.69. The number of hydrogen-bond acceptors (Lipinski definition) is 4. The number of H-pyrrole nitrogens is 1. The fourth-order valence-corrected chi connectivity index (χ4v) is 1.48. The smallest absolute Gasteiger partial charge is 0.272 e. The maximum atomic E-state index is 11.7. The fraction of sp³-hybridized carbons (Fsp3) is 0.250. The number of aromatic amines is 1. The molecule has 0 radical (unpaired) electrons. The van der Waals surface area contributed by atoms with Crippen molar-refractivity contribution in [2.45, 2.75) is 13.5 Å². The molecular formula is C12H14N4O2. The van der Waals surface area contributed by atoms with E-state index in [1.165, 1.54) is 0 Å². The van der Waals surface area contributed by atoms with Crippen LogP contribution in [0.25, 0.3) is 0 Å². The van der Waals surface area contributed by atoms with Crippen molar-refractivity contribution in [2.75, 3.05) is 7.11 Å². The van der Waals surface area contributed by atoms with Gasteiger partial charge < -0.3 is 10.1 Å². The van der Waals surface area contributed by atoms with E-state index in [4.69, 9.17) is 4.74 Å². The normalized spacial score (nSPS) is 10.1. The minimum atomic E-state index is -0.213. The summed E-state index contributed by atoms with van der Waals surface area (Å²) < 4.78 is 5.01. The third kappa shape index (κ3) is 2.85. The number of nitrogens with zero attached hydrogens (tertiary/aromatic N) is 2. The van der Waals surface area contributed by atoms with Crippen LogP contribution in [0.15, 0.2) is 24.4 Å². The minimum Gasteiger partial charge on any atom is -0.481 e. The summed E-state index contributed by atoms with van der Waals surface area (Å²) in [5, 5.41) is 9.39. The van der Waals surface area contributed by atoms with Crippen LogP contribution >= 0.6 is 0 Å². The molecule has 0 spiro atoms. The number of rotatable bonds is 4. The van der Waals surface area contributed by atoms with Gasteiger partial charge in [0.05, 0.1) is 7.11 Å². The monoisotopic (exact) mass is 246 g/mol. The standard InChI is InChI=1S/C12H14N4O2/c1-8-5-10(16-15-8)12(17)14-7-9-3-4-13-11(6-9)18-2/h3-6H,7H2,1-2H3,(H,14,17)(H,15,16). The molecule has 2 N–H and O–H groups in total. The molecule has 0 unspecified atom stereocenters. The highest BCUT2D eigenvalue weighted by Gasteiger charge is 2.08. The van der Waals surface area contributed by atoms with Crippen molar-refractivity contribution in [1.29, 1.82) is 0 Å². The van der Waals surface area contributed by atoms with E-state index in [1.807, 2.05) is 13.0 Å². The van der Waals surface area contributed by atoms with Gasteiger partial charge in [0, 0.05) is 24.5 Å². The quantitative estimate of drug-likeness (QED) is 0.845. The molecule has 2 aromatic heterocycles. The summed E-state index contributed by atoms with van der Waals surface area (Å²) in [7, 11) is 1.55. The molecule has 2 aromatic rings. The van der Waals surface area contributed by atoms with Gasteiger partial charge in [0.2, 0.25) is 5.88 Å². The van der Waals surface area contributed by atoms with Crippen molar-refractivity contribution < 1.29 is 9.53 Å². The lowest BCUT2D eigenvalue weighted by atomic mass is 10.2. The molecule has 2 rings (SSSR count). The number of amides is 1. The highest BCUT2D eigenvalue weighted by Crippen LogP contribution is 2.08. The number of pyridine rings is 1. The van der Waals surface area contributed by atoms with Crippen LogP contribution in [0.1, 0.15) is 21.7 Å². The number of aromatic nitrogens is 3. The summed E-state index contributed by atoms with van der Waals surface area (Å²) in [5.41, 5.74) is 2.15. The molecule has 0 saturated carbocycles. The van der Waals surface area contributed by atoms with E-state index in [-0.39, 0.29) is 5.91 Å². The molecule has 0 aliphatic rings. The lowest BCUT2D eigenvalue weighted by Crippen LogP contribution is -2.23. The molecule has 0 bridgehead atoms. The van der Waals surface area contributed by atoms with Gasteiger partial charge >= 0.3 is 0 Å². The van der Waals surface area contributed by atoms with E-state index in [0.29, 0.717) is 18.1 Å². The Morgan fingerprint density at radius 2 is 2.33 bits per heavy atom. The van der Waals surface area contributed by atoms with E-state index in [1.54, 1.807) is 25.4 Å². The van der Waals surface area contributed by atoms with Crippen LogP contribution < -0.4 is 10.1 Å². The summed E-state index contributed by atoms with van der Waals surface area (Å²) in [4.78, 5) is 15.7. The number of methoxy groups -OCH3 is 1. The Kier molecular flexibility index (Phi) is 3.57. The predicted octanol–water partition coefficient (Wildman–Crippen LogP) is 1.05. The summed E-state index contributed by atoms with van der Waals surface area (Å²) in [6.45, 7) is 2.25. The van der Waals surface area contributed by atoms with E-state index in [2.05, 4.69) is 20.5 Å². The van der Waals surface area contributed by atoms with Crippen molar-refractivity contribution in [3.63, 3.8) is 0 Å². The molecule has 6 heteroatoms. The number of carbonyl (C=O) groups is 1. The number of nitrogens with one attached hydrogen (secondary N) is 2. The van der Waals surface area contributed by atoms with Crippen LogP contribution in [-0.2, 0) is 6.54 Å². The van der Waals surface area contributed by atoms with E-state index in [0.717, 1.165) is 11.3 Å². The van der Waals surface area contributed by atoms with Gasteiger partial charge in [0.15, 0.2) is 0 Å². The molecule has 1 amide bonds. The first kappa shape index (κ1) is 12.1. The Bertz CT molecular complexity index is 551. The molecule has 0 fully saturated rings. The number of aryl methyl sites for hydroxylation is 1. The van der Waals surface area contributed by atoms with Crippen LogP contribution in [0, 0.1) is 6.92 Å². The summed E-state index contributed by atoms with van der Waals surface area (Å²) >= 11 is 0. The molecule has 0 aliphatic carbocycles. The van der Waals surface area contributed by atoms with Crippen LogP contribution in [0.2, 0.25) is 0 Å². The molecule has 18 heavy (non-hydrogen) atoms. The first-order valence-electron chi connectivity index (χ1n) is 5.48. The van der Waals surface area contributed by atoms with Crippen LogP contribution in [-0.4, -0.2) is 28.2 Å². The molecule has 0 atom stereocenters. The second kappa shape index (κ2) is 5.31. The molecular weight excluding hydrogens is 232 g/mol. The predicted molar refractivity (Wildman–Crippen MR) is 65.3 cm³/mol. The second-order valence-electron chi connectivity index (χ2n) is 3.83. The Hall–Kier alpha value is -2.37. The summed E-state index contributed by atoms with van der Waals surface area (Å²) in [5.74, 6) is 0.312. The summed E-state index contributed by atoms with van der Waals surface area (Å²) in [6, 6.07) is 5.29. The average molecular weight is 246 g/mol. The van der Waals surface area contributed by atoms with E-state index < -0.39 is 0 Å². The van der Waals surface area contributed by atoms with Crippen LogP contribution in [0.4, 0.5) is 0 Å². The Morgan fingerprint density at radius 3 is 3.00 bits per heavy atom. The maximum Gasteiger partial charge on any atom is 0.272 e. The van der Waals surface area contributed by atoms with Gasteiger partial charge in [-0.2, -0.15) is 5.10 Å². The van der Waals surface area contributed by atoms with Crippen molar-refractivity contribution in [3.05, 3.63) is 41.3 Å². The van der Waals surface area contributed by atoms with Crippen molar-refractivity contribution in [1.82, 2.24) is 20.5 Å². The molecule has 2 heterocycles. The lowest BCUT2D eigenvalue weighted by Gasteiger charge is -2.04. The van der Waals surface area contributed by atoms with Gasteiger partial charge in [0.1, 0.15) is 5.69 Å². The third-order valence-corrected chi connectivity index (χ3v) is 2.40. The van der Waals surface area contributed by atoms with Crippen LogP contribution in [0.5, 0.6) is 5.88 Å². The van der Waals surface area contributed by atoms with Gasteiger partial charge in [-0.15, -0.1) is 0 Å². The van der Waals surface area contributed by atoms with Gasteiger partial charge in [-0.3, -0.25) is 9.89 Å². The minimum absolute atomic E-state index is 0.213. The van der Waals surface area contributed by atoms with Crippen molar-refractivity contribution in [2.24, 2.45) is 0 Å². The fourth-order valence-electron chi connectivity index (χ4n) is 1.48. The molecule has 94 valence electrons. The zero-order valence-electron chi connectivity index (χ0n) is 10.2. The highest BCUT2D eigenvalue weighted by molar-refractivity contribution is 5.92. The van der Waals surface area contributed by atoms with Crippen molar-refractivity contribution >= 4 is 5.91 Å². The Labute approximate surface area is 104 Å². The van der Waals surface area contributed by atoms with Crippen molar-refractivity contribution in [3.8, 4) is 5.88 Å². The second-order valence-corrected chi connectivity index (χ2v) is 3.83. The van der Waals surface area contributed by atoms with Crippen LogP contribution in [0.3, 0.4) is 0 Å². The van der Waals surface area contributed by atoms with Gasteiger partial charge in [-0.05, 0) is 24.6 Å². The Morgan fingerprint density at radius 1 is 1.50 bits per heavy atom. The zero-order chi connectivity index (χ0) is 13.0. The number of ether oxygens (including phenoxy) is 1. The topological polar surface area (TPSA) is 79.9 Å². The van der Waals surface area contributed by atoms with E-state index in [9.17, 15) is 4.79 Å². The first-order valence-corrected chi connectivity index (χ1v) is 5.48. The van der Waals surface area contributed by atoms with E-state index >= 15 is 0 Å². The third-order valence-electron chi connectivity index (χ3n) is 2.40. The zero-order valence-corrected chi connectivity index (χ0v) is 10.2. The Balaban J connectivity index is 1.97. The largest absolute Gasteiger partial charge is 0.481 e. The lowest BCUT2D eigenvalue weighted by molar-refractivity contribution is 0.0946. The highest BCUT2D eigenvalue weighted by atomic mass is 16.5. The molecule has 6 nitrogen and oxygen atoms in total. The SMILES string of the molecule is COc1cc(CNC(=O)c2cc(C)[nH]n2)ccn1. The number of hydrogen-bond donors (Lipinski definition) is 2. The molecule has 0 saturated heterocycles. The van der Waals surface area contributed by atoms with Gasteiger partial charge in [0.25, 0.3) is 5.91 Å². The number of carbonyl (C=O) groups excluding carboxylic acids is 1. The van der Waals surface area contributed by atoms with Gasteiger partial charge in [-0.1, -0.05) is 0 Å². The summed E-state index contributed by atoms with van der Waals surface area (Å²) in [6.07, 6.45) is 1.64. The average Bonchev–Trinajstić information content (AvgIpc) is 2.83. The molecule has 0 aromatic carbocycles. The maximum absolute atomic E-state index is 11.7.